The Morgan fingerprint density at radius 3 is 2.89 bits per heavy atom. The van der Waals surface area contributed by atoms with Crippen LogP contribution in [0.15, 0.2) is 36.1 Å². The minimum absolute atomic E-state index is 0.103. The lowest BCUT2D eigenvalue weighted by atomic mass is 9.71. The van der Waals surface area contributed by atoms with Crippen molar-refractivity contribution >= 4 is 5.78 Å². The van der Waals surface area contributed by atoms with Crippen LogP contribution >= 0.6 is 0 Å². The van der Waals surface area contributed by atoms with Crippen LogP contribution in [0.2, 0.25) is 0 Å². The van der Waals surface area contributed by atoms with E-state index in [1.54, 1.807) is 0 Å². The average Bonchev–Trinajstić information content (AvgIpc) is 2.61. The molecular weight excluding hydrogens is 336 g/mol. The maximum Gasteiger partial charge on any atom is 0.162 e. The minimum atomic E-state index is -0.103. The van der Waals surface area contributed by atoms with Crippen molar-refractivity contribution in [3.8, 4) is 5.75 Å². The number of rotatable bonds is 5. The molecule has 1 aliphatic heterocycles. The number of phenolic OH excluding ortho intramolecular Hbond substituents is 1. The Balaban J connectivity index is 1.66. The van der Waals surface area contributed by atoms with Crippen molar-refractivity contribution < 1.29 is 14.6 Å². The molecule has 0 radical (unpaired) electrons. The molecule has 0 spiro atoms. The van der Waals surface area contributed by atoms with Gasteiger partial charge in [0, 0.05) is 11.6 Å². The van der Waals surface area contributed by atoms with Crippen LogP contribution in [-0.4, -0.2) is 17.0 Å². The van der Waals surface area contributed by atoms with Crippen LogP contribution in [0.1, 0.15) is 81.4 Å². The number of ketones is 1. The zero-order valence-corrected chi connectivity index (χ0v) is 17.0. The standard InChI is InChI=1S/C24H32O3/c1-15-12-21-20(9-8-18(4)24(21)22(26)13-15)16(2)6-5-7-17(3)23-14-19(25)10-11-27-23/h7,10-13,16,18,20,23,26H,5-6,8-9,14H2,1-4H3/b17-7+/t16-,18+,20?,23?/m0/s1. The van der Waals surface area contributed by atoms with Gasteiger partial charge in [0.2, 0.25) is 0 Å². The molecule has 0 aromatic heterocycles. The molecule has 0 bridgehead atoms. The fourth-order valence-electron chi connectivity index (χ4n) is 4.65. The first-order valence-electron chi connectivity index (χ1n) is 10.2. The normalized spacial score (nSPS) is 26.4. The number of carbonyl (C=O) groups is 1. The quantitative estimate of drug-likeness (QED) is 0.657. The van der Waals surface area contributed by atoms with E-state index in [9.17, 15) is 9.90 Å². The van der Waals surface area contributed by atoms with Gasteiger partial charge in [0.25, 0.3) is 0 Å². The van der Waals surface area contributed by atoms with Gasteiger partial charge in [0.1, 0.15) is 11.9 Å². The summed E-state index contributed by atoms with van der Waals surface area (Å²) in [6, 6.07) is 4.18. The van der Waals surface area contributed by atoms with E-state index in [0.717, 1.165) is 36.0 Å². The van der Waals surface area contributed by atoms with Crippen LogP contribution in [0.5, 0.6) is 5.75 Å². The zero-order chi connectivity index (χ0) is 19.6. The predicted octanol–water partition coefficient (Wildman–Crippen LogP) is 5.92. The van der Waals surface area contributed by atoms with Crippen molar-refractivity contribution in [1.29, 1.82) is 0 Å². The molecule has 1 heterocycles. The average molecular weight is 369 g/mol. The lowest BCUT2D eigenvalue weighted by molar-refractivity contribution is -0.117. The molecule has 3 heteroatoms. The number of hydrogen-bond acceptors (Lipinski definition) is 3. The molecule has 1 aromatic rings. The second-order valence-electron chi connectivity index (χ2n) is 8.47. The van der Waals surface area contributed by atoms with Crippen LogP contribution in [-0.2, 0) is 9.53 Å². The first kappa shape index (κ1) is 19.7. The lowest BCUT2D eigenvalue weighted by Gasteiger charge is -2.34. The molecule has 1 aromatic carbocycles. The number of fused-ring (bicyclic) bond motifs is 1. The van der Waals surface area contributed by atoms with Gasteiger partial charge in [-0.25, -0.2) is 0 Å². The molecule has 1 N–H and O–H groups in total. The molecule has 3 nitrogen and oxygen atoms in total. The summed E-state index contributed by atoms with van der Waals surface area (Å²) >= 11 is 0. The Labute approximate surface area is 163 Å². The van der Waals surface area contributed by atoms with Crippen molar-refractivity contribution in [2.45, 2.75) is 77.7 Å². The number of aromatic hydroxyl groups is 1. The zero-order valence-electron chi connectivity index (χ0n) is 17.0. The third kappa shape index (κ3) is 4.45. The highest BCUT2D eigenvalue weighted by atomic mass is 16.5. The summed E-state index contributed by atoms with van der Waals surface area (Å²) < 4.78 is 5.57. The van der Waals surface area contributed by atoms with Gasteiger partial charge in [-0.2, -0.15) is 0 Å². The van der Waals surface area contributed by atoms with Crippen LogP contribution in [0, 0.1) is 12.8 Å². The minimum Gasteiger partial charge on any atom is -0.508 e. The van der Waals surface area contributed by atoms with Gasteiger partial charge in [0.05, 0.1) is 12.7 Å². The first-order chi connectivity index (χ1) is 12.9. The monoisotopic (exact) mass is 368 g/mol. The van der Waals surface area contributed by atoms with Gasteiger partial charge >= 0.3 is 0 Å². The molecule has 0 saturated heterocycles. The Morgan fingerprint density at radius 2 is 2.15 bits per heavy atom. The summed E-state index contributed by atoms with van der Waals surface area (Å²) in [7, 11) is 0. The van der Waals surface area contributed by atoms with E-state index >= 15 is 0 Å². The van der Waals surface area contributed by atoms with E-state index in [2.05, 4.69) is 39.8 Å². The van der Waals surface area contributed by atoms with Gasteiger partial charge in [-0.1, -0.05) is 26.0 Å². The molecule has 0 amide bonds. The van der Waals surface area contributed by atoms with Gasteiger partial charge in [0.15, 0.2) is 5.78 Å². The highest BCUT2D eigenvalue weighted by Crippen LogP contribution is 2.47. The van der Waals surface area contributed by atoms with E-state index in [1.807, 2.05) is 6.07 Å². The van der Waals surface area contributed by atoms with Crippen LogP contribution in [0.4, 0.5) is 0 Å². The Morgan fingerprint density at radius 1 is 1.37 bits per heavy atom. The van der Waals surface area contributed by atoms with E-state index in [0.29, 0.717) is 29.9 Å². The largest absolute Gasteiger partial charge is 0.508 e. The Kier molecular flexibility index (Phi) is 6.08. The van der Waals surface area contributed by atoms with Crippen molar-refractivity contribution in [3.05, 3.63) is 52.8 Å². The van der Waals surface area contributed by atoms with E-state index in [1.165, 1.54) is 24.3 Å². The molecule has 27 heavy (non-hydrogen) atoms. The SMILES string of the molecule is C/C(=C\CC[C@H](C)C1CC[C@@H](C)c2c(O)cc(C)cc21)C1CC(=O)C=CO1. The highest BCUT2D eigenvalue weighted by Gasteiger charge is 2.30. The third-order valence-corrected chi connectivity index (χ3v) is 6.30. The topological polar surface area (TPSA) is 46.5 Å². The smallest absolute Gasteiger partial charge is 0.162 e. The number of hydrogen-bond donors (Lipinski definition) is 1. The van der Waals surface area contributed by atoms with Crippen LogP contribution in [0.25, 0.3) is 0 Å². The second-order valence-corrected chi connectivity index (χ2v) is 8.47. The Bertz CT molecular complexity index is 759. The summed E-state index contributed by atoms with van der Waals surface area (Å²) in [5, 5.41) is 10.5. The molecule has 0 saturated carbocycles. The fraction of sp³-hybridized carbons (Fsp3) is 0.542. The summed E-state index contributed by atoms with van der Waals surface area (Å²) in [5.41, 5.74) is 4.80. The molecule has 2 aliphatic rings. The van der Waals surface area contributed by atoms with Gasteiger partial charge < -0.3 is 9.84 Å². The van der Waals surface area contributed by atoms with Crippen molar-refractivity contribution in [2.75, 3.05) is 0 Å². The molecule has 3 rings (SSSR count). The molecule has 0 fully saturated rings. The van der Waals surface area contributed by atoms with Crippen LogP contribution in [0.3, 0.4) is 0 Å². The highest BCUT2D eigenvalue weighted by molar-refractivity contribution is 5.90. The second kappa shape index (κ2) is 8.33. The number of ether oxygens (including phenoxy) is 1. The number of carbonyl (C=O) groups excluding carboxylic acids is 1. The van der Waals surface area contributed by atoms with Crippen LogP contribution < -0.4 is 0 Å². The summed E-state index contributed by atoms with van der Waals surface area (Å²) in [6.45, 7) is 8.67. The molecule has 146 valence electrons. The fourth-order valence-corrected chi connectivity index (χ4v) is 4.65. The summed E-state index contributed by atoms with van der Waals surface area (Å²) in [4.78, 5) is 11.6. The number of allylic oxidation sites excluding steroid dienone is 2. The Hall–Kier alpha value is -2.03. The summed E-state index contributed by atoms with van der Waals surface area (Å²) in [5.74, 6) is 2.09. The first-order valence-corrected chi connectivity index (χ1v) is 10.2. The molecule has 1 aliphatic carbocycles. The number of phenols is 1. The lowest BCUT2D eigenvalue weighted by Crippen LogP contribution is -2.20. The van der Waals surface area contributed by atoms with E-state index < -0.39 is 0 Å². The van der Waals surface area contributed by atoms with E-state index in [4.69, 9.17) is 4.74 Å². The molecule has 4 atom stereocenters. The number of aryl methyl sites for hydroxylation is 1. The summed E-state index contributed by atoms with van der Waals surface area (Å²) in [6.07, 6.45) is 10.0. The predicted molar refractivity (Wildman–Crippen MR) is 109 cm³/mol. The molecular formula is C24H32O3. The third-order valence-electron chi connectivity index (χ3n) is 6.30. The van der Waals surface area contributed by atoms with Gasteiger partial charge in [-0.3, -0.25) is 4.79 Å². The maximum atomic E-state index is 11.6. The number of benzene rings is 1. The maximum absolute atomic E-state index is 11.6. The molecule has 2 unspecified atom stereocenters. The van der Waals surface area contributed by atoms with Crippen molar-refractivity contribution in [1.82, 2.24) is 0 Å². The van der Waals surface area contributed by atoms with Gasteiger partial charge in [-0.05, 0) is 80.1 Å². The van der Waals surface area contributed by atoms with Crippen molar-refractivity contribution in [3.63, 3.8) is 0 Å². The van der Waals surface area contributed by atoms with Crippen molar-refractivity contribution in [2.24, 2.45) is 5.92 Å². The van der Waals surface area contributed by atoms with E-state index in [-0.39, 0.29) is 11.9 Å². The van der Waals surface area contributed by atoms with Gasteiger partial charge in [-0.15, -0.1) is 0 Å².